The molecule has 1 aromatic carbocycles. The predicted molar refractivity (Wildman–Crippen MR) is 74.6 cm³/mol. The number of hydrogen-bond acceptors (Lipinski definition) is 3. The zero-order chi connectivity index (χ0) is 13.7. The number of hydrogen-bond donors (Lipinski definition) is 1. The number of anilines is 1. The number of benzene rings is 1. The molecule has 0 atom stereocenters. The summed E-state index contributed by atoms with van der Waals surface area (Å²) in [5, 5.41) is 3.20. The van der Waals surface area contributed by atoms with E-state index in [1.54, 1.807) is 18.4 Å². The molecule has 2 aromatic rings. The fourth-order valence-corrected chi connectivity index (χ4v) is 1.95. The van der Waals surface area contributed by atoms with Gasteiger partial charge in [0.2, 0.25) is 0 Å². The van der Waals surface area contributed by atoms with Crippen LogP contribution < -0.4 is 10.2 Å². The van der Waals surface area contributed by atoms with Crippen LogP contribution in [0.1, 0.15) is 18.2 Å². The normalized spacial score (nSPS) is 10.7. The molecule has 0 unspecified atom stereocenters. The van der Waals surface area contributed by atoms with Crippen LogP contribution in [-0.4, -0.2) is 13.6 Å². The monoisotopic (exact) mass is 262 g/mol. The van der Waals surface area contributed by atoms with Crippen molar-refractivity contribution in [2.45, 2.75) is 20.0 Å². The van der Waals surface area contributed by atoms with E-state index in [1.807, 2.05) is 37.1 Å². The van der Waals surface area contributed by atoms with Crippen molar-refractivity contribution in [3.63, 3.8) is 0 Å². The number of nitrogens with one attached hydrogen (secondary N) is 1. The smallest absolute Gasteiger partial charge is 0.125 e. The summed E-state index contributed by atoms with van der Waals surface area (Å²) in [6, 6.07) is 8.86. The van der Waals surface area contributed by atoms with Crippen LogP contribution in [0.25, 0.3) is 0 Å². The highest BCUT2D eigenvalue weighted by atomic mass is 19.1. The van der Waals surface area contributed by atoms with Crippen molar-refractivity contribution < 1.29 is 8.81 Å². The SMILES string of the molecule is CCNCc1cc(F)cc(N(C)Cc2ccco2)c1. The first-order chi connectivity index (χ1) is 9.19. The van der Waals surface area contributed by atoms with Gasteiger partial charge in [-0.2, -0.15) is 0 Å². The van der Waals surface area contributed by atoms with Gasteiger partial charge in [0.25, 0.3) is 0 Å². The zero-order valence-corrected chi connectivity index (χ0v) is 11.3. The molecule has 0 saturated heterocycles. The summed E-state index contributed by atoms with van der Waals surface area (Å²) >= 11 is 0. The molecule has 0 aliphatic carbocycles. The molecule has 19 heavy (non-hydrogen) atoms. The molecule has 1 aromatic heterocycles. The second kappa shape index (κ2) is 6.38. The van der Waals surface area contributed by atoms with Crippen molar-refractivity contribution in [2.75, 3.05) is 18.5 Å². The van der Waals surface area contributed by atoms with Crippen LogP contribution in [0.3, 0.4) is 0 Å². The quantitative estimate of drug-likeness (QED) is 0.866. The van der Waals surface area contributed by atoms with Crippen molar-refractivity contribution in [1.82, 2.24) is 5.32 Å². The predicted octanol–water partition coefficient (Wildman–Crippen LogP) is 3.16. The van der Waals surface area contributed by atoms with Gasteiger partial charge in [-0.15, -0.1) is 0 Å². The Balaban J connectivity index is 2.11. The maximum absolute atomic E-state index is 13.6. The molecule has 0 aliphatic rings. The Morgan fingerprint density at radius 3 is 2.84 bits per heavy atom. The molecule has 4 heteroatoms. The van der Waals surface area contributed by atoms with Crippen molar-refractivity contribution >= 4 is 5.69 Å². The van der Waals surface area contributed by atoms with Crippen molar-refractivity contribution in [1.29, 1.82) is 0 Å². The van der Waals surface area contributed by atoms with Gasteiger partial charge in [-0.1, -0.05) is 6.92 Å². The van der Waals surface area contributed by atoms with Crippen LogP contribution in [0.4, 0.5) is 10.1 Å². The molecule has 0 spiro atoms. The molecule has 0 fully saturated rings. The van der Waals surface area contributed by atoms with Crippen molar-refractivity contribution in [3.05, 3.63) is 53.7 Å². The minimum absolute atomic E-state index is 0.211. The van der Waals surface area contributed by atoms with E-state index in [-0.39, 0.29) is 5.82 Å². The molecule has 0 bridgehead atoms. The van der Waals surface area contributed by atoms with Crippen LogP contribution in [0.15, 0.2) is 41.0 Å². The highest BCUT2D eigenvalue weighted by Crippen LogP contribution is 2.19. The molecule has 3 nitrogen and oxygen atoms in total. The number of halogens is 1. The fraction of sp³-hybridized carbons (Fsp3) is 0.333. The minimum atomic E-state index is -0.211. The van der Waals surface area contributed by atoms with Gasteiger partial charge in [0.15, 0.2) is 0 Å². The van der Waals surface area contributed by atoms with Crippen LogP contribution in [0, 0.1) is 5.82 Å². The van der Waals surface area contributed by atoms with Crippen LogP contribution in [-0.2, 0) is 13.1 Å². The Labute approximate surface area is 113 Å². The first-order valence-corrected chi connectivity index (χ1v) is 6.42. The lowest BCUT2D eigenvalue weighted by Crippen LogP contribution is -2.17. The van der Waals surface area contributed by atoms with Crippen LogP contribution in [0.5, 0.6) is 0 Å². The second-order valence-electron chi connectivity index (χ2n) is 4.53. The first kappa shape index (κ1) is 13.6. The third-order valence-electron chi connectivity index (χ3n) is 2.94. The number of furan rings is 1. The third-order valence-corrected chi connectivity index (χ3v) is 2.94. The van der Waals surface area contributed by atoms with E-state index in [0.717, 1.165) is 23.6 Å². The lowest BCUT2D eigenvalue weighted by molar-refractivity contribution is 0.507. The molecule has 2 rings (SSSR count). The maximum Gasteiger partial charge on any atom is 0.125 e. The average Bonchev–Trinajstić information content (AvgIpc) is 2.88. The summed E-state index contributed by atoms with van der Waals surface area (Å²) in [5.74, 6) is 0.650. The number of rotatable bonds is 6. The molecule has 0 saturated carbocycles. The first-order valence-electron chi connectivity index (χ1n) is 6.42. The molecular weight excluding hydrogens is 243 g/mol. The van der Waals surface area contributed by atoms with Crippen LogP contribution >= 0.6 is 0 Å². The molecule has 0 amide bonds. The summed E-state index contributed by atoms with van der Waals surface area (Å²) in [5.41, 5.74) is 1.80. The topological polar surface area (TPSA) is 28.4 Å². The van der Waals surface area contributed by atoms with E-state index in [0.29, 0.717) is 13.1 Å². The molecule has 1 N–H and O–H groups in total. The average molecular weight is 262 g/mol. The standard InChI is InChI=1S/C15H19FN2O/c1-3-17-10-12-7-13(16)9-14(8-12)18(2)11-15-5-4-6-19-15/h4-9,17H,3,10-11H2,1-2H3. The minimum Gasteiger partial charge on any atom is -0.467 e. The highest BCUT2D eigenvalue weighted by Gasteiger charge is 2.07. The Morgan fingerprint density at radius 1 is 1.32 bits per heavy atom. The number of nitrogens with zero attached hydrogens (tertiary/aromatic N) is 1. The summed E-state index contributed by atoms with van der Waals surface area (Å²) in [6.07, 6.45) is 1.64. The second-order valence-corrected chi connectivity index (χ2v) is 4.53. The Morgan fingerprint density at radius 2 is 2.16 bits per heavy atom. The highest BCUT2D eigenvalue weighted by molar-refractivity contribution is 5.48. The van der Waals surface area contributed by atoms with Crippen molar-refractivity contribution in [2.24, 2.45) is 0 Å². The van der Waals surface area contributed by atoms with Gasteiger partial charge in [0.05, 0.1) is 12.8 Å². The maximum atomic E-state index is 13.6. The van der Waals surface area contributed by atoms with E-state index < -0.39 is 0 Å². The van der Waals surface area contributed by atoms with E-state index >= 15 is 0 Å². The summed E-state index contributed by atoms with van der Waals surface area (Å²) in [7, 11) is 1.92. The van der Waals surface area contributed by atoms with Gasteiger partial charge in [-0.25, -0.2) is 4.39 Å². The third kappa shape index (κ3) is 3.83. The van der Waals surface area contributed by atoms with Crippen molar-refractivity contribution in [3.8, 4) is 0 Å². The largest absolute Gasteiger partial charge is 0.467 e. The Hall–Kier alpha value is -1.81. The summed E-state index contributed by atoms with van der Waals surface area (Å²) in [6.45, 7) is 4.20. The Kier molecular flexibility index (Phi) is 4.58. The van der Waals surface area contributed by atoms with Crippen LogP contribution in [0.2, 0.25) is 0 Å². The van der Waals surface area contributed by atoms with E-state index in [1.165, 1.54) is 0 Å². The van der Waals surface area contributed by atoms with E-state index in [2.05, 4.69) is 5.32 Å². The van der Waals surface area contributed by atoms with Gasteiger partial charge in [0.1, 0.15) is 11.6 Å². The Bertz CT molecular complexity index is 511. The van der Waals surface area contributed by atoms with Gasteiger partial charge in [-0.3, -0.25) is 0 Å². The summed E-state index contributed by atoms with van der Waals surface area (Å²) < 4.78 is 18.9. The van der Waals surface area contributed by atoms with Gasteiger partial charge in [-0.05, 0) is 42.4 Å². The van der Waals surface area contributed by atoms with Gasteiger partial charge in [0, 0.05) is 19.3 Å². The van der Waals surface area contributed by atoms with E-state index in [4.69, 9.17) is 4.42 Å². The summed E-state index contributed by atoms with van der Waals surface area (Å²) in [4.78, 5) is 1.97. The van der Waals surface area contributed by atoms with Gasteiger partial charge < -0.3 is 14.6 Å². The van der Waals surface area contributed by atoms with E-state index in [9.17, 15) is 4.39 Å². The molecular formula is C15H19FN2O. The lowest BCUT2D eigenvalue weighted by Gasteiger charge is -2.19. The molecule has 0 radical (unpaired) electrons. The zero-order valence-electron chi connectivity index (χ0n) is 11.3. The molecule has 1 heterocycles. The fourth-order valence-electron chi connectivity index (χ4n) is 1.95. The lowest BCUT2D eigenvalue weighted by atomic mass is 10.1. The van der Waals surface area contributed by atoms with Gasteiger partial charge >= 0.3 is 0 Å². The molecule has 102 valence electrons. The molecule has 0 aliphatic heterocycles.